The first-order valence-electron chi connectivity index (χ1n) is 5.05. The van der Waals surface area contributed by atoms with Gasteiger partial charge in [0.05, 0.1) is 0 Å². The number of anilines is 1. The molecule has 0 aromatic heterocycles. The summed E-state index contributed by atoms with van der Waals surface area (Å²) in [6, 6.07) is 8.28. The van der Waals surface area contributed by atoms with E-state index in [0.717, 1.165) is 11.4 Å². The lowest BCUT2D eigenvalue weighted by Gasteiger charge is -2.06. The van der Waals surface area contributed by atoms with E-state index in [1.807, 2.05) is 25.2 Å². The average Bonchev–Trinajstić information content (AvgIpc) is 2.27. The van der Waals surface area contributed by atoms with Crippen LogP contribution in [0.15, 0.2) is 60.8 Å². The number of hydrogen-bond donors (Lipinski definition) is 1. The Kier molecular flexibility index (Phi) is 4.42. The molecule has 1 rings (SSSR count). The summed E-state index contributed by atoms with van der Waals surface area (Å²) in [5, 5.41) is 3.28. The van der Waals surface area contributed by atoms with Crippen LogP contribution in [-0.4, -0.2) is 0 Å². The lowest BCUT2D eigenvalue weighted by Crippen LogP contribution is -1.95. The van der Waals surface area contributed by atoms with E-state index in [1.54, 1.807) is 6.08 Å². The number of aryl methyl sites for hydroxylation is 1. The molecule has 1 aromatic rings. The fraction of sp³-hybridized carbons (Fsp3) is 0.143. The van der Waals surface area contributed by atoms with E-state index in [-0.39, 0.29) is 0 Å². The fourth-order valence-corrected chi connectivity index (χ4v) is 1.16. The molecular formula is C14H17N. The van der Waals surface area contributed by atoms with E-state index in [4.69, 9.17) is 0 Å². The normalized spacial score (nSPS) is 11.7. The van der Waals surface area contributed by atoms with Crippen LogP contribution in [0.5, 0.6) is 0 Å². The molecule has 1 heteroatoms. The van der Waals surface area contributed by atoms with Crippen LogP contribution in [0.3, 0.4) is 0 Å². The Bertz CT molecular complexity index is 369. The second-order valence-corrected chi connectivity index (χ2v) is 3.34. The zero-order chi connectivity index (χ0) is 11.1. The fourth-order valence-electron chi connectivity index (χ4n) is 1.16. The molecule has 0 fully saturated rings. The van der Waals surface area contributed by atoms with Gasteiger partial charge >= 0.3 is 0 Å². The van der Waals surface area contributed by atoms with Crippen LogP contribution in [0.2, 0.25) is 0 Å². The molecule has 0 spiro atoms. The summed E-state index contributed by atoms with van der Waals surface area (Å²) in [4.78, 5) is 0. The van der Waals surface area contributed by atoms with Crippen molar-refractivity contribution in [3.05, 3.63) is 66.4 Å². The molecule has 15 heavy (non-hydrogen) atoms. The summed E-state index contributed by atoms with van der Waals surface area (Å²) in [7, 11) is 0. The number of allylic oxidation sites excluding steroid dienone is 4. The van der Waals surface area contributed by atoms with Crippen molar-refractivity contribution in [2.45, 2.75) is 13.8 Å². The molecule has 0 heterocycles. The van der Waals surface area contributed by atoms with Gasteiger partial charge in [0.1, 0.15) is 0 Å². The average molecular weight is 199 g/mol. The highest BCUT2D eigenvalue weighted by molar-refractivity contribution is 5.51. The highest BCUT2D eigenvalue weighted by Crippen LogP contribution is 2.11. The summed E-state index contributed by atoms with van der Waals surface area (Å²) < 4.78 is 0. The SMILES string of the molecule is C=C/C(=C\C=C/C)Nc1ccc(C)cc1. The predicted molar refractivity (Wildman–Crippen MR) is 67.9 cm³/mol. The second-order valence-electron chi connectivity index (χ2n) is 3.34. The van der Waals surface area contributed by atoms with Gasteiger partial charge in [0.2, 0.25) is 0 Å². The van der Waals surface area contributed by atoms with Crippen molar-refractivity contribution in [1.82, 2.24) is 0 Å². The third-order valence-electron chi connectivity index (χ3n) is 2.03. The van der Waals surface area contributed by atoms with Crippen molar-refractivity contribution in [3.8, 4) is 0 Å². The molecule has 0 saturated carbocycles. The van der Waals surface area contributed by atoms with Crippen molar-refractivity contribution in [1.29, 1.82) is 0 Å². The highest BCUT2D eigenvalue weighted by atomic mass is 14.9. The Hall–Kier alpha value is -1.76. The summed E-state index contributed by atoms with van der Waals surface area (Å²) in [5.41, 5.74) is 3.34. The minimum Gasteiger partial charge on any atom is -0.356 e. The van der Waals surface area contributed by atoms with Crippen molar-refractivity contribution in [3.63, 3.8) is 0 Å². The van der Waals surface area contributed by atoms with Gasteiger partial charge in [0, 0.05) is 11.4 Å². The molecule has 0 aliphatic rings. The Labute approximate surface area is 91.8 Å². The molecule has 1 N–H and O–H groups in total. The minimum absolute atomic E-state index is 0.997. The zero-order valence-electron chi connectivity index (χ0n) is 9.33. The first kappa shape index (κ1) is 11.3. The lowest BCUT2D eigenvalue weighted by molar-refractivity contribution is 1.43. The molecular weight excluding hydrogens is 182 g/mol. The van der Waals surface area contributed by atoms with Crippen LogP contribution in [0.1, 0.15) is 12.5 Å². The maximum Gasteiger partial charge on any atom is 0.0384 e. The van der Waals surface area contributed by atoms with Crippen molar-refractivity contribution >= 4 is 5.69 Å². The van der Waals surface area contributed by atoms with Crippen LogP contribution in [0.4, 0.5) is 5.69 Å². The molecule has 1 nitrogen and oxygen atoms in total. The largest absolute Gasteiger partial charge is 0.356 e. The van der Waals surface area contributed by atoms with Crippen LogP contribution in [-0.2, 0) is 0 Å². The molecule has 1 aromatic carbocycles. The molecule has 0 unspecified atom stereocenters. The summed E-state index contributed by atoms with van der Waals surface area (Å²) in [6.45, 7) is 7.83. The molecule has 0 aliphatic heterocycles. The van der Waals surface area contributed by atoms with E-state index >= 15 is 0 Å². The lowest BCUT2D eigenvalue weighted by atomic mass is 10.2. The van der Waals surface area contributed by atoms with Gasteiger partial charge in [0.25, 0.3) is 0 Å². The monoisotopic (exact) mass is 199 g/mol. The van der Waals surface area contributed by atoms with Crippen LogP contribution in [0.25, 0.3) is 0 Å². The molecule has 0 atom stereocenters. The molecule has 0 aliphatic carbocycles. The summed E-state index contributed by atoms with van der Waals surface area (Å²) >= 11 is 0. The molecule has 0 bridgehead atoms. The Morgan fingerprint density at radius 2 is 1.93 bits per heavy atom. The van der Waals surface area contributed by atoms with Gasteiger partial charge in [-0.3, -0.25) is 0 Å². The van der Waals surface area contributed by atoms with E-state index in [9.17, 15) is 0 Å². The van der Waals surface area contributed by atoms with Crippen molar-refractivity contribution in [2.24, 2.45) is 0 Å². The third-order valence-corrected chi connectivity index (χ3v) is 2.03. The first-order valence-corrected chi connectivity index (χ1v) is 5.05. The molecule has 78 valence electrons. The zero-order valence-corrected chi connectivity index (χ0v) is 9.33. The Morgan fingerprint density at radius 3 is 2.47 bits per heavy atom. The van der Waals surface area contributed by atoms with Gasteiger partial charge in [-0.25, -0.2) is 0 Å². The van der Waals surface area contributed by atoms with Gasteiger partial charge in [0.15, 0.2) is 0 Å². The molecule has 0 radical (unpaired) electrons. The van der Waals surface area contributed by atoms with Gasteiger partial charge < -0.3 is 5.32 Å². The second kappa shape index (κ2) is 5.86. The van der Waals surface area contributed by atoms with E-state index < -0.39 is 0 Å². The highest BCUT2D eigenvalue weighted by Gasteiger charge is 1.92. The standard InChI is InChI=1S/C14H17N/c1-4-6-7-13(5-2)15-14-10-8-12(3)9-11-14/h4-11,15H,2H2,1,3H3/b6-4-,13-7+. The smallest absolute Gasteiger partial charge is 0.0384 e. The molecule has 0 amide bonds. The number of hydrogen-bond acceptors (Lipinski definition) is 1. The number of nitrogens with one attached hydrogen (secondary N) is 1. The van der Waals surface area contributed by atoms with Crippen LogP contribution >= 0.6 is 0 Å². The van der Waals surface area contributed by atoms with E-state index in [0.29, 0.717) is 0 Å². The molecule has 0 saturated heterocycles. The van der Waals surface area contributed by atoms with Crippen LogP contribution in [0, 0.1) is 6.92 Å². The van der Waals surface area contributed by atoms with E-state index in [1.165, 1.54) is 5.56 Å². The first-order chi connectivity index (χ1) is 7.26. The minimum atomic E-state index is 0.997. The Balaban J connectivity index is 2.75. The summed E-state index contributed by atoms with van der Waals surface area (Å²) in [5.74, 6) is 0. The summed E-state index contributed by atoms with van der Waals surface area (Å²) in [6.07, 6.45) is 7.77. The third kappa shape index (κ3) is 3.86. The van der Waals surface area contributed by atoms with Gasteiger partial charge in [-0.1, -0.05) is 36.4 Å². The number of benzene rings is 1. The quantitative estimate of drug-likeness (QED) is 0.721. The van der Waals surface area contributed by atoms with Gasteiger partial charge in [-0.2, -0.15) is 0 Å². The van der Waals surface area contributed by atoms with Gasteiger partial charge in [-0.05, 0) is 38.1 Å². The maximum atomic E-state index is 3.76. The van der Waals surface area contributed by atoms with Crippen molar-refractivity contribution in [2.75, 3.05) is 5.32 Å². The van der Waals surface area contributed by atoms with Gasteiger partial charge in [-0.15, -0.1) is 0 Å². The van der Waals surface area contributed by atoms with Crippen LogP contribution < -0.4 is 5.32 Å². The predicted octanol–water partition coefficient (Wildman–Crippen LogP) is 4.05. The topological polar surface area (TPSA) is 12.0 Å². The Morgan fingerprint density at radius 1 is 1.27 bits per heavy atom. The van der Waals surface area contributed by atoms with Crippen molar-refractivity contribution < 1.29 is 0 Å². The number of rotatable bonds is 4. The van der Waals surface area contributed by atoms with E-state index in [2.05, 4.69) is 43.1 Å². The maximum absolute atomic E-state index is 3.76.